The van der Waals surface area contributed by atoms with E-state index in [4.69, 9.17) is 18.0 Å². The van der Waals surface area contributed by atoms with Crippen LogP contribution in [0.5, 0.6) is 0 Å². The summed E-state index contributed by atoms with van der Waals surface area (Å²) in [4.78, 5) is 0.239. The summed E-state index contributed by atoms with van der Waals surface area (Å²) in [6.07, 6.45) is 0. The number of nitrogens with two attached hydrogens (primary N) is 1. The van der Waals surface area contributed by atoms with E-state index < -0.39 is 15.6 Å². The predicted octanol–water partition coefficient (Wildman–Crippen LogP) is 0.712. The predicted molar refractivity (Wildman–Crippen MR) is 78.4 cm³/mol. The molecule has 0 aliphatic carbocycles. The Morgan fingerprint density at radius 1 is 1.47 bits per heavy atom. The van der Waals surface area contributed by atoms with E-state index in [1.54, 1.807) is 26.0 Å². The maximum Gasteiger partial charge on any atom is 0.243 e. The molecule has 3 N–H and O–H groups in total. The number of thiocarbonyl (C=S) groups is 1. The minimum Gasteiger partial charge on any atom is -0.394 e. The van der Waals surface area contributed by atoms with Crippen LogP contribution >= 0.6 is 12.2 Å². The van der Waals surface area contributed by atoms with E-state index >= 15 is 0 Å². The molecule has 0 radical (unpaired) electrons. The van der Waals surface area contributed by atoms with Crippen molar-refractivity contribution in [2.75, 3.05) is 13.7 Å². The van der Waals surface area contributed by atoms with Crippen LogP contribution in [0.1, 0.15) is 19.4 Å². The zero-order valence-corrected chi connectivity index (χ0v) is 12.8. The van der Waals surface area contributed by atoms with Crippen molar-refractivity contribution >= 4 is 27.2 Å². The van der Waals surface area contributed by atoms with Crippen molar-refractivity contribution in [2.45, 2.75) is 24.3 Å². The van der Waals surface area contributed by atoms with Gasteiger partial charge in [0.1, 0.15) is 4.99 Å². The van der Waals surface area contributed by atoms with Crippen LogP contribution in [0.2, 0.25) is 0 Å². The lowest BCUT2D eigenvalue weighted by Crippen LogP contribution is -2.47. The molecule has 0 unspecified atom stereocenters. The largest absolute Gasteiger partial charge is 0.394 e. The lowest BCUT2D eigenvalue weighted by molar-refractivity contribution is 0.138. The molecule has 19 heavy (non-hydrogen) atoms. The molecular weight excluding hydrogens is 284 g/mol. The molecule has 1 aromatic rings. The second-order valence-corrected chi connectivity index (χ2v) is 7.24. The molecule has 1 rings (SSSR count). The van der Waals surface area contributed by atoms with E-state index in [2.05, 4.69) is 0 Å². The summed E-state index contributed by atoms with van der Waals surface area (Å²) < 4.78 is 26.0. The second-order valence-electron chi connectivity index (χ2n) is 4.84. The standard InChI is InChI=1S/C12H18N2O3S2/c1-12(2,8-15)14(3)19(16,17)10-6-4-5-9(7-10)11(13)18/h4-7,15H,8H2,1-3H3,(H2,13,18). The first-order chi connectivity index (χ1) is 8.63. The first-order valence-electron chi connectivity index (χ1n) is 5.62. The zero-order chi connectivity index (χ0) is 14.8. The average Bonchev–Trinajstić information content (AvgIpc) is 2.37. The summed E-state index contributed by atoms with van der Waals surface area (Å²) in [6.45, 7) is 3.00. The van der Waals surface area contributed by atoms with Gasteiger partial charge < -0.3 is 10.8 Å². The Morgan fingerprint density at radius 3 is 2.53 bits per heavy atom. The number of hydrogen-bond acceptors (Lipinski definition) is 4. The first-order valence-corrected chi connectivity index (χ1v) is 7.47. The Morgan fingerprint density at radius 2 is 2.05 bits per heavy atom. The van der Waals surface area contributed by atoms with Crippen molar-refractivity contribution < 1.29 is 13.5 Å². The molecule has 0 amide bonds. The highest BCUT2D eigenvalue weighted by atomic mass is 32.2. The number of aliphatic hydroxyl groups is 1. The fraction of sp³-hybridized carbons (Fsp3) is 0.417. The molecule has 0 saturated carbocycles. The quantitative estimate of drug-likeness (QED) is 0.783. The number of aliphatic hydroxyl groups excluding tert-OH is 1. The van der Waals surface area contributed by atoms with Gasteiger partial charge in [-0.25, -0.2) is 8.42 Å². The summed E-state index contributed by atoms with van der Waals surface area (Å²) in [5.41, 5.74) is 5.10. The number of sulfonamides is 1. The van der Waals surface area contributed by atoms with Crippen molar-refractivity contribution in [3.8, 4) is 0 Å². The Balaban J connectivity index is 3.28. The van der Waals surface area contributed by atoms with Crippen molar-refractivity contribution in [1.29, 1.82) is 0 Å². The summed E-state index contributed by atoms with van der Waals surface area (Å²) in [5.74, 6) is 0. The van der Waals surface area contributed by atoms with Crippen molar-refractivity contribution in [3.63, 3.8) is 0 Å². The number of hydrogen-bond donors (Lipinski definition) is 2. The molecule has 7 heteroatoms. The van der Waals surface area contributed by atoms with Gasteiger partial charge in [-0.15, -0.1) is 0 Å². The van der Waals surface area contributed by atoms with Crippen LogP contribution in [0.3, 0.4) is 0 Å². The molecule has 1 aromatic carbocycles. The Labute approximate surface area is 119 Å². The zero-order valence-electron chi connectivity index (χ0n) is 11.1. The van der Waals surface area contributed by atoms with Crippen LogP contribution in [0.25, 0.3) is 0 Å². The van der Waals surface area contributed by atoms with Crippen LogP contribution in [0.4, 0.5) is 0 Å². The molecule has 0 aliphatic rings. The SMILES string of the molecule is CN(C(C)(C)CO)S(=O)(=O)c1cccc(C(N)=S)c1. The average molecular weight is 302 g/mol. The van der Waals surface area contributed by atoms with Crippen LogP contribution in [0.15, 0.2) is 29.2 Å². The van der Waals surface area contributed by atoms with Gasteiger partial charge in [0.05, 0.1) is 17.0 Å². The summed E-state index contributed by atoms with van der Waals surface area (Å²) >= 11 is 4.84. The topological polar surface area (TPSA) is 83.6 Å². The van der Waals surface area contributed by atoms with E-state index in [9.17, 15) is 13.5 Å². The number of benzene rings is 1. The molecule has 5 nitrogen and oxygen atoms in total. The molecule has 0 bridgehead atoms. The molecule has 0 spiro atoms. The molecule has 0 heterocycles. The Bertz CT molecular complexity index is 582. The third kappa shape index (κ3) is 3.30. The second kappa shape index (κ2) is 5.54. The molecule has 0 aliphatic heterocycles. The van der Waals surface area contributed by atoms with Gasteiger partial charge in [0.2, 0.25) is 10.0 Å². The van der Waals surface area contributed by atoms with E-state index in [-0.39, 0.29) is 16.5 Å². The highest BCUT2D eigenvalue weighted by molar-refractivity contribution is 7.89. The van der Waals surface area contributed by atoms with Gasteiger partial charge in [0.25, 0.3) is 0 Å². The Kier molecular flexibility index (Phi) is 4.67. The summed E-state index contributed by atoms with van der Waals surface area (Å²) in [5, 5.41) is 9.27. The normalized spacial score (nSPS) is 12.7. The third-order valence-corrected chi connectivity index (χ3v) is 5.32. The van der Waals surface area contributed by atoms with Crippen LogP contribution in [0, 0.1) is 0 Å². The van der Waals surface area contributed by atoms with Crippen molar-refractivity contribution in [1.82, 2.24) is 4.31 Å². The first kappa shape index (κ1) is 16.0. The number of likely N-dealkylation sites (N-methyl/N-ethyl adjacent to an activating group) is 1. The Hall–Kier alpha value is -1.02. The minimum absolute atomic E-state index is 0.0989. The maximum atomic E-state index is 12.4. The van der Waals surface area contributed by atoms with Crippen molar-refractivity contribution in [3.05, 3.63) is 29.8 Å². The molecule has 0 aromatic heterocycles. The van der Waals surface area contributed by atoms with Gasteiger partial charge in [-0.2, -0.15) is 4.31 Å². The monoisotopic (exact) mass is 302 g/mol. The van der Waals surface area contributed by atoms with E-state index in [1.807, 2.05) is 0 Å². The molecular formula is C12H18N2O3S2. The minimum atomic E-state index is -3.71. The molecule has 106 valence electrons. The molecule has 0 atom stereocenters. The van der Waals surface area contributed by atoms with Crippen LogP contribution in [-0.4, -0.2) is 42.0 Å². The summed E-state index contributed by atoms with van der Waals surface area (Å²) in [6, 6.07) is 6.14. The lowest BCUT2D eigenvalue weighted by Gasteiger charge is -2.32. The highest BCUT2D eigenvalue weighted by Gasteiger charge is 2.33. The van der Waals surface area contributed by atoms with Gasteiger partial charge in [-0.3, -0.25) is 0 Å². The van der Waals surface area contributed by atoms with E-state index in [1.165, 1.54) is 19.2 Å². The molecule has 0 saturated heterocycles. The lowest BCUT2D eigenvalue weighted by atomic mass is 10.1. The third-order valence-electron chi connectivity index (χ3n) is 3.02. The summed E-state index contributed by atoms with van der Waals surface area (Å²) in [7, 11) is -2.28. The van der Waals surface area contributed by atoms with Crippen LogP contribution < -0.4 is 5.73 Å². The molecule has 0 fully saturated rings. The fourth-order valence-electron chi connectivity index (χ4n) is 1.39. The van der Waals surface area contributed by atoms with Gasteiger partial charge in [-0.1, -0.05) is 24.4 Å². The maximum absolute atomic E-state index is 12.4. The highest BCUT2D eigenvalue weighted by Crippen LogP contribution is 2.23. The van der Waals surface area contributed by atoms with E-state index in [0.717, 1.165) is 4.31 Å². The fourth-order valence-corrected chi connectivity index (χ4v) is 3.07. The van der Waals surface area contributed by atoms with E-state index in [0.29, 0.717) is 5.56 Å². The van der Waals surface area contributed by atoms with Crippen molar-refractivity contribution in [2.24, 2.45) is 5.73 Å². The van der Waals surface area contributed by atoms with Crippen LogP contribution in [-0.2, 0) is 10.0 Å². The number of rotatable bonds is 5. The van der Waals surface area contributed by atoms with Gasteiger partial charge >= 0.3 is 0 Å². The van der Waals surface area contributed by atoms with Gasteiger partial charge in [0.15, 0.2) is 0 Å². The number of nitrogens with zero attached hydrogens (tertiary/aromatic N) is 1. The smallest absolute Gasteiger partial charge is 0.243 e. The van der Waals surface area contributed by atoms with Gasteiger partial charge in [0, 0.05) is 12.6 Å². The van der Waals surface area contributed by atoms with Gasteiger partial charge in [-0.05, 0) is 26.0 Å².